The molecule has 3 nitrogen and oxygen atoms in total. The Bertz CT molecular complexity index is 23.6. The van der Waals surface area contributed by atoms with Crippen molar-refractivity contribution in [2.45, 2.75) is 0 Å². The fourth-order valence-electron chi connectivity index (χ4n) is 0. The summed E-state index contributed by atoms with van der Waals surface area (Å²) in [5, 5.41) is 0. The maximum absolute atomic E-state index is 8.83. The molecule has 0 unspecified atom stereocenters. The number of hydrogen-bond donors (Lipinski definition) is 1. The smallest absolute Gasteiger partial charge is 0.312 e. The largest absolute Gasteiger partial charge is 0.376 e. The number of hydrogen-bond acceptors (Lipinski definition) is 3. The zero-order chi connectivity index (χ0) is 3.41. The second-order valence-corrected chi connectivity index (χ2v) is 0.232. The van der Waals surface area contributed by atoms with Gasteiger partial charge < -0.3 is 4.84 Å². The van der Waals surface area contributed by atoms with Crippen molar-refractivity contribution in [1.29, 1.82) is 0 Å². The van der Waals surface area contributed by atoms with Gasteiger partial charge in [-0.3, -0.25) is 4.79 Å². The minimum absolute atomic E-state index is 0. The van der Waals surface area contributed by atoms with Gasteiger partial charge in [-0.2, -0.15) is 5.90 Å². The average Bonchev–Trinajstić information content (AvgIpc) is 1.37. The van der Waals surface area contributed by atoms with Crippen molar-refractivity contribution in [3.05, 3.63) is 0 Å². The van der Waals surface area contributed by atoms with Crippen LogP contribution < -0.4 is 5.90 Å². The molecule has 0 aliphatic rings. The van der Waals surface area contributed by atoms with Crippen molar-refractivity contribution in [2.75, 3.05) is 0 Å². The Labute approximate surface area is 39.6 Å². The molecule has 0 aromatic heterocycles. The van der Waals surface area contributed by atoms with Gasteiger partial charge in [0.25, 0.3) is 0 Å². The van der Waals surface area contributed by atoms with Crippen LogP contribution in [0.25, 0.3) is 0 Å². The van der Waals surface area contributed by atoms with Crippen LogP contribution in [0.2, 0.25) is 0 Å². The van der Waals surface area contributed by atoms with Crippen LogP contribution in [0.4, 0.5) is 0 Å². The van der Waals surface area contributed by atoms with Crippen molar-refractivity contribution >= 4 is 6.47 Å². The van der Waals surface area contributed by atoms with Crippen LogP contribution in [0.3, 0.4) is 0 Å². The van der Waals surface area contributed by atoms with Crippen molar-refractivity contribution in [3.63, 3.8) is 0 Å². The SMILES string of the molecule is NOC=O.[Co]. The summed E-state index contributed by atoms with van der Waals surface area (Å²) in [7, 11) is 0. The van der Waals surface area contributed by atoms with E-state index < -0.39 is 0 Å². The molecule has 0 saturated heterocycles. The molecular formula is CH3CoNO2. The van der Waals surface area contributed by atoms with Crippen LogP contribution in [-0.4, -0.2) is 6.47 Å². The Kier molecular flexibility index (Phi) is 16.1. The summed E-state index contributed by atoms with van der Waals surface area (Å²) in [6, 6.07) is 0. The van der Waals surface area contributed by atoms with Gasteiger partial charge in [-0.1, -0.05) is 0 Å². The summed E-state index contributed by atoms with van der Waals surface area (Å²) in [6.45, 7) is 0.153. The summed E-state index contributed by atoms with van der Waals surface area (Å²) in [6.07, 6.45) is 0. The first-order chi connectivity index (χ1) is 1.91. The minimum Gasteiger partial charge on any atom is -0.376 e. The van der Waals surface area contributed by atoms with E-state index in [9.17, 15) is 0 Å². The first-order valence-corrected chi connectivity index (χ1v) is 0.707. The van der Waals surface area contributed by atoms with Gasteiger partial charge in [0.1, 0.15) is 0 Å². The van der Waals surface area contributed by atoms with Gasteiger partial charge in [-0.05, 0) is 0 Å². The van der Waals surface area contributed by atoms with Crippen molar-refractivity contribution in [3.8, 4) is 0 Å². The topological polar surface area (TPSA) is 52.3 Å². The summed E-state index contributed by atoms with van der Waals surface area (Å²) in [4.78, 5) is 12.2. The predicted octanol–water partition coefficient (Wildman–Crippen LogP) is -0.969. The van der Waals surface area contributed by atoms with Gasteiger partial charge in [0.15, 0.2) is 0 Å². The van der Waals surface area contributed by atoms with E-state index in [-0.39, 0.29) is 23.3 Å². The first kappa shape index (κ1) is 8.87. The molecule has 0 spiro atoms. The number of rotatable bonds is 1. The predicted molar refractivity (Wildman–Crippen MR) is 11.3 cm³/mol. The second kappa shape index (κ2) is 9.05. The Morgan fingerprint density at radius 1 is 1.80 bits per heavy atom. The Balaban J connectivity index is 0. The number of nitrogens with two attached hydrogens (primary N) is 1. The van der Waals surface area contributed by atoms with E-state index in [1.807, 2.05) is 0 Å². The molecule has 0 amide bonds. The van der Waals surface area contributed by atoms with Gasteiger partial charge >= 0.3 is 6.47 Å². The molecule has 0 atom stereocenters. The maximum atomic E-state index is 8.83. The monoisotopic (exact) mass is 120 g/mol. The molecule has 0 saturated carbocycles. The molecule has 0 bridgehead atoms. The minimum atomic E-state index is 0. The van der Waals surface area contributed by atoms with Crippen LogP contribution in [0, 0.1) is 0 Å². The quantitative estimate of drug-likeness (QED) is 0.357. The van der Waals surface area contributed by atoms with Crippen LogP contribution in [-0.2, 0) is 26.4 Å². The molecule has 0 aromatic rings. The fourth-order valence-corrected chi connectivity index (χ4v) is 0. The van der Waals surface area contributed by atoms with Gasteiger partial charge in [0.2, 0.25) is 0 Å². The normalized spacial score (nSPS) is 4.20. The van der Waals surface area contributed by atoms with Gasteiger partial charge in [-0.15, -0.1) is 0 Å². The molecule has 5 heavy (non-hydrogen) atoms. The zero-order valence-electron chi connectivity index (χ0n) is 2.30. The third kappa shape index (κ3) is 16.8. The van der Waals surface area contributed by atoms with Crippen LogP contribution in [0.5, 0.6) is 0 Å². The van der Waals surface area contributed by atoms with Crippen molar-refractivity contribution in [1.82, 2.24) is 0 Å². The summed E-state index contributed by atoms with van der Waals surface area (Å²) < 4.78 is 0. The standard InChI is InChI=1S/CH3NO2.Co/c2-4-1-3;/h1H,2H2;. The van der Waals surface area contributed by atoms with E-state index in [0.717, 1.165) is 0 Å². The van der Waals surface area contributed by atoms with E-state index in [4.69, 9.17) is 4.79 Å². The van der Waals surface area contributed by atoms with Crippen LogP contribution in [0.1, 0.15) is 0 Å². The van der Waals surface area contributed by atoms with E-state index in [1.54, 1.807) is 0 Å². The molecule has 33 valence electrons. The molecule has 0 aliphatic carbocycles. The molecule has 0 rings (SSSR count). The Hall–Kier alpha value is -0.0635. The molecule has 4 heteroatoms. The van der Waals surface area contributed by atoms with Crippen molar-refractivity contribution < 1.29 is 26.4 Å². The van der Waals surface area contributed by atoms with E-state index in [2.05, 4.69) is 10.7 Å². The third-order valence-electron chi connectivity index (χ3n) is 0.0556. The number of carbonyl (C=O) groups is 1. The fraction of sp³-hybridized carbons (Fsp3) is 0. The van der Waals surface area contributed by atoms with E-state index in [1.165, 1.54) is 0 Å². The average molecular weight is 120 g/mol. The molecule has 0 heterocycles. The van der Waals surface area contributed by atoms with Crippen LogP contribution >= 0.6 is 0 Å². The maximum Gasteiger partial charge on any atom is 0.312 e. The molecule has 0 fully saturated rings. The summed E-state index contributed by atoms with van der Waals surface area (Å²) >= 11 is 0. The van der Waals surface area contributed by atoms with Gasteiger partial charge in [0.05, 0.1) is 0 Å². The van der Waals surface area contributed by atoms with E-state index in [0.29, 0.717) is 0 Å². The van der Waals surface area contributed by atoms with Gasteiger partial charge in [-0.25, -0.2) is 0 Å². The Morgan fingerprint density at radius 3 is 2.00 bits per heavy atom. The first-order valence-electron chi connectivity index (χ1n) is 0.707. The molecule has 0 aliphatic heterocycles. The number of carbonyl (C=O) groups excluding carboxylic acids is 1. The summed E-state index contributed by atoms with van der Waals surface area (Å²) in [5.74, 6) is 4.16. The molecular weight excluding hydrogens is 117 g/mol. The molecule has 2 N–H and O–H groups in total. The molecule has 1 radical (unpaired) electrons. The van der Waals surface area contributed by atoms with E-state index >= 15 is 0 Å². The zero-order valence-corrected chi connectivity index (χ0v) is 3.35. The second-order valence-electron chi connectivity index (χ2n) is 0.232. The Morgan fingerprint density at radius 2 is 2.00 bits per heavy atom. The molecule has 0 aromatic carbocycles. The van der Waals surface area contributed by atoms with Gasteiger partial charge in [0, 0.05) is 16.8 Å². The summed E-state index contributed by atoms with van der Waals surface area (Å²) in [5.41, 5.74) is 0. The van der Waals surface area contributed by atoms with Crippen molar-refractivity contribution in [2.24, 2.45) is 5.90 Å². The van der Waals surface area contributed by atoms with Crippen LogP contribution in [0.15, 0.2) is 0 Å². The third-order valence-corrected chi connectivity index (χ3v) is 0.0556.